The average molecular weight is 326 g/mol. The number of halogens is 3. The normalized spacial score (nSPS) is 12.5. The lowest BCUT2D eigenvalue weighted by atomic mass is 10.2. The van der Waals surface area contributed by atoms with Crippen molar-refractivity contribution in [3.63, 3.8) is 0 Å². The molecule has 0 aliphatic carbocycles. The van der Waals surface area contributed by atoms with Crippen molar-refractivity contribution in [2.24, 2.45) is 0 Å². The van der Waals surface area contributed by atoms with Crippen LogP contribution in [0.1, 0.15) is 13.8 Å². The van der Waals surface area contributed by atoms with E-state index in [9.17, 15) is 21.6 Å². The molecule has 9 heteroatoms. The van der Waals surface area contributed by atoms with Crippen LogP contribution in [0, 0.1) is 5.82 Å². The van der Waals surface area contributed by atoms with Gasteiger partial charge in [0.05, 0.1) is 16.1 Å². The van der Waals surface area contributed by atoms with E-state index in [2.05, 4.69) is 10.1 Å². The molecule has 0 aliphatic rings. The molecule has 0 bridgehead atoms. The smallest absolute Gasteiger partial charge is 0.387 e. The lowest BCUT2D eigenvalue weighted by Crippen LogP contribution is -2.38. The molecule has 0 radical (unpaired) electrons. The third kappa shape index (κ3) is 4.42. The second kappa shape index (κ2) is 6.00. The van der Waals surface area contributed by atoms with Crippen molar-refractivity contribution in [3.8, 4) is 5.75 Å². The number of hydrogen-bond donors (Lipinski definition) is 2. The molecule has 0 amide bonds. The Morgan fingerprint density at radius 2 is 1.95 bits per heavy atom. The summed E-state index contributed by atoms with van der Waals surface area (Å²) in [5, 5.41) is 2.70. The Bertz CT molecular complexity index is 618. The molecule has 1 aromatic rings. The van der Waals surface area contributed by atoms with Gasteiger partial charge in [-0.25, -0.2) is 12.8 Å². The number of nitrogens with one attached hydrogen (secondary N) is 1. The van der Waals surface area contributed by atoms with Gasteiger partial charge in [0.1, 0.15) is 0 Å². The van der Waals surface area contributed by atoms with Crippen LogP contribution in [-0.2, 0) is 9.84 Å². The number of nitrogen functional groups attached to an aromatic ring is 1. The zero-order valence-corrected chi connectivity index (χ0v) is 12.6. The van der Waals surface area contributed by atoms with Gasteiger partial charge in [0.25, 0.3) is 0 Å². The molecule has 0 heterocycles. The molecule has 0 spiro atoms. The Kier molecular flexibility index (Phi) is 4.98. The van der Waals surface area contributed by atoms with Gasteiger partial charge in [-0.15, -0.1) is 0 Å². The summed E-state index contributed by atoms with van der Waals surface area (Å²) < 4.78 is 63.7. The van der Waals surface area contributed by atoms with Crippen LogP contribution in [0.3, 0.4) is 0 Å². The summed E-state index contributed by atoms with van der Waals surface area (Å²) in [4.78, 5) is 0. The number of benzene rings is 1. The van der Waals surface area contributed by atoms with Crippen LogP contribution < -0.4 is 15.8 Å². The minimum atomic E-state index is -3.35. The number of anilines is 2. The van der Waals surface area contributed by atoms with Crippen LogP contribution in [0.2, 0.25) is 0 Å². The van der Waals surface area contributed by atoms with E-state index in [0.717, 1.165) is 18.4 Å². The minimum Gasteiger partial charge on any atom is -0.432 e. The maximum atomic E-state index is 13.4. The molecule has 0 unspecified atom stereocenters. The maximum absolute atomic E-state index is 13.4. The predicted molar refractivity (Wildman–Crippen MR) is 74.9 cm³/mol. The zero-order chi connectivity index (χ0) is 16.4. The molecule has 1 rings (SSSR count). The van der Waals surface area contributed by atoms with Crippen molar-refractivity contribution in [3.05, 3.63) is 17.9 Å². The van der Waals surface area contributed by atoms with Gasteiger partial charge in [-0.05, 0) is 13.8 Å². The average Bonchev–Trinajstić information content (AvgIpc) is 2.29. The van der Waals surface area contributed by atoms with E-state index >= 15 is 0 Å². The summed E-state index contributed by atoms with van der Waals surface area (Å²) in [6.45, 7) is -0.226. The lowest BCUT2D eigenvalue weighted by Gasteiger charge is -2.24. The topological polar surface area (TPSA) is 81.4 Å². The highest BCUT2D eigenvalue weighted by Gasteiger charge is 2.30. The lowest BCUT2D eigenvalue weighted by molar-refractivity contribution is -0.0521. The summed E-state index contributed by atoms with van der Waals surface area (Å²) in [5.74, 6) is -1.69. The molecule has 21 heavy (non-hydrogen) atoms. The van der Waals surface area contributed by atoms with E-state index < -0.39 is 32.8 Å². The van der Waals surface area contributed by atoms with Crippen molar-refractivity contribution >= 4 is 21.2 Å². The fourth-order valence-corrected chi connectivity index (χ4v) is 1.68. The predicted octanol–water partition coefficient (Wildman–Crippen LogP) is 2.24. The highest BCUT2D eigenvalue weighted by atomic mass is 32.2. The molecule has 5 nitrogen and oxygen atoms in total. The molecular formula is C12H17F3N2O3S. The van der Waals surface area contributed by atoms with Gasteiger partial charge in [0.2, 0.25) is 0 Å². The van der Waals surface area contributed by atoms with Gasteiger partial charge in [0.15, 0.2) is 21.4 Å². The van der Waals surface area contributed by atoms with E-state index in [-0.39, 0.29) is 17.9 Å². The fraction of sp³-hybridized carbons (Fsp3) is 0.500. The van der Waals surface area contributed by atoms with Crippen LogP contribution in [0.4, 0.5) is 24.5 Å². The van der Waals surface area contributed by atoms with Crippen LogP contribution in [0.25, 0.3) is 0 Å². The van der Waals surface area contributed by atoms with E-state index in [1.807, 2.05) is 0 Å². The highest BCUT2D eigenvalue weighted by molar-refractivity contribution is 7.92. The van der Waals surface area contributed by atoms with Gasteiger partial charge in [0, 0.05) is 24.9 Å². The number of hydrogen-bond acceptors (Lipinski definition) is 5. The Labute approximate surface area is 121 Å². The van der Waals surface area contributed by atoms with E-state index in [0.29, 0.717) is 0 Å². The first-order chi connectivity index (χ1) is 9.44. The van der Waals surface area contributed by atoms with Crippen molar-refractivity contribution < 1.29 is 26.3 Å². The van der Waals surface area contributed by atoms with E-state index in [1.54, 1.807) is 0 Å². The number of sulfone groups is 1. The first-order valence-electron chi connectivity index (χ1n) is 5.91. The van der Waals surface area contributed by atoms with Gasteiger partial charge in [-0.3, -0.25) is 0 Å². The molecule has 3 N–H and O–H groups in total. The Morgan fingerprint density at radius 3 is 2.43 bits per heavy atom. The standard InChI is InChI=1S/C12H17F3N2O3S/c1-12(2,21(3,18)19)6-17-9-5-10(20-11(14)15)7(13)4-8(9)16/h4-5,11,17H,6,16H2,1-3H3. The highest BCUT2D eigenvalue weighted by Crippen LogP contribution is 2.30. The van der Waals surface area contributed by atoms with Crippen molar-refractivity contribution in [1.29, 1.82) is 0 Å². The molecular weight excluding hydrogens is 309 g/mol. The van der Waals surface area contributed by atoms with Gasteiger partial charge in [-0.1, -0.05) is 0 Å². The summed E-state index contributed by atoms with van der Waals surface area (Å²) in [7, 11) is -3.35. The number of rotatable bonds is 6. The first-order valence-corrected chi connectivity index (χ1v) is 7.80. The monoisotopic (exact) mass is 326 g/mol. The Hall–Kier alpha value is -1.64. The second-order valence-electron chi connectivity index (χ2n) is 5.13. The van der Waals surface area contributed by atoms with Gasteiger partial charge >= 0.3 is 6.61 Å². The quantitative estimate of drug-likeness (QED) is 0.784. The minimum absolute atomic E-state index is 0.0320. The molecule has 120 valence electrons. The van der Waals surface area contributed by atoms with Crippen LogP contribution >= 0.6 is 0 Å². The summed E-state index contributed by atoms with van der Waals surface area (Å²) in [5.41, 5.74) is 5.64. The fourth-order valence-electron chi connectivity index (χ4n) is 1.35. The Morgan fingerprint density at radius 1 is 1.38 bits per heavy atom. The van der Waals surface area contributed by atoms with E-state index in [4.69, 9.17) is 5.73 Å². The third-order valence-corrected chi connectivity index (χ3v) is 5.18. The molecule has 0 atom stereocenters. The number of ether oxygens (including phenoxy) is 1. The van der Waals surface area contributed by atoms with Crippen molar-refractivity contribution in [2.75, 3.05) is 23.9 Å². The molecule has 0 saturated heterocycles. The summed E-state index contributed by atoms with van der Waals surface area (Å²) in [6.07, 6.45) is 1.08. The van der Waals surface area contributed by atoms with Crippen LogP contribution in [0.15, 0.2) is 12.1 Å². The van der Waals surface area contributed by atoms with Crippen molar-refractivity contribution in [2.45, 2.75) is 25.2 Å². The van der Waals surface area contributed by atoms with Gasteiger partial charge in [-0.2, -0.15) is 8.78 Å². The molecule has 0 aromatic heterocycles. The maximum Gasteiger partial charge on any atom is 0.387 e. The molecule has 0 aliphatic heterocycles. The van der Waals surface area contributed by atoms with Crippen LogP contribution in [0.5, 0.6) is 5.75 Å². The zero-order valence-electron chi connectivity index (χ0n) is 11.8. The summed E-state index contributed by atoms with van der Waals surface area (Å²) >= 11 is 0. The third-order valence-electron chi connectivity index (χ3n) is 3.03. The van der Waals surface area contributed by atoms with Gasteiger partial charge < -0.3 is 15.8 Å². The molecule has 0 fully saturated rings. The van der Waals surface area contributed by atoms with E-state index in [1.165, 1.54) is 13.8 Å². The number of nitrogens with two attached hydrogens (primary N) is 1. The SMILES string of the molecule is CC(C)(CNc1cc(OC(F)F)c(F)cc1N)S(C)(=O)=O. The van der Waals surface area contributed by atoms with Crippen LogP contribution in [-0.4, -0.2) is 32.6 Å². The Balaban J connectivity index is 2.99. The van der Waals surface area contributed by atoms with Crippen molar-refractivity contribution in [1.82, 2.24) is 0 Å². The number of alkyl halides is 2. The molecule has 0 saturated carbocycles. The molecule has 1 aromatic carbocycles. The first kappa shape index (κ1) is 17.4. The largest absolute Gasteiger partial charge is 0.432 e. The summed E-state index contributed by atoms with van der Waals surface area (Å²) in [6, 6.07) is 1.79. The second-order valence-corrected chi connectivity index (χ2v) is 7.78.